The zero-order valence-corrected chi connectivity index (χ0v) is 12.2. The van der Waals surface area contributed by atoms with Crippen molar-refractivity contribution in [1.82, 2.24) is 20.2 Å². The highest BCUT2D eigenvalue weighted by atomic mass is 16.5. The van der Waals surface area contributed by atoms with Crippen LogP contribution in [-0.4, -0.2) is 32.8 Å². The van der Waals surface area contributed by atoms with Gasteiger partial charge in [0.2, 0.25) is 0 Å². The first-order valence-electron chi connectivity index (χ1n) is 7.12. The third kappa shape index (κ3) is 2.98. The molecule has 0 unspecified atom stereocenters. The van der Waals surface area contributed by atoms with Crippen LogP contribution >= 0.6 is 0 Å². The lowest BCUT2D eigenvalue weighted by Gasteiger charge is -2.16. The molecule has 0 atom stereocenters. The van der Waals surface area contributed by atoms with Crippen molar-refractivity contribution < 1.29 is 14.3 Å². The van der Waals surface area contributed by atoms with Gasteiger partial charge in [-0.25, -0.2) is 9.48 Å². The highest BCUT2D eigenvalue weighted by molar-refractivity contribution is 5.95. The van der Waals surface area contributed by atoms with Gasteiger partial charge in [0.15, 0.2) is 12.4 Å². The number of fused-ring (bicyclic) bond motifs is 1. The minimum atomic E-state index is -0.416. The minimum absolute atomic E-state index is 0.0464. The van der Waals surface area contributed by atoms with Crippen LogP contribution in [0.1, 0.15) is 24.7 Å². The van der Waals surface area contributed by atoms with Gasteiger partial charge in [-0.05, 0) is 29.0 Å². The van der Waals surface area contributed by atoms with E-state index < -0.39 is 5.97 Å². The molecule has 7 heteroatoms. The van der Waals surface area contributed by atoms with Crippen LogP contribution < -0.4 is 4.74 Å². The van der Waals surface area contributed by atoms with Gasteiger partial charge in [-0.15, -0.1) is 5.10 Å². The van der Waals surface area contributed by atoms with Crippen LogP contribution in [0.2, 0.25) is 0 Å². The van der Waals surface area contributed by atoms with E-state index in [1.54, 1.807) is 10.8 Å². The zero-order valence-electron chi connectivity index (χ0n) is 12.2. The Kier molecular flexibility index (Phi) is 4.13. The molecule has 0 N–H and O–H groups in total. The maximum absolute atomic E-state index is 12.1. The van der Waals surface area contributed by atoms with Crippen LogP contribution in [0.5, 0.6) is 5.75 Å². The van der Waals surface area contributed by atoms with E-state index >= 15 is 0 Å². The average Bonchev–Trinajstić information content (AvgIpc) is 3.00. The van der Waals surface area contributed by atoms with E-state index in [0.29, 0.717) is 17.9 Å². The Morgan fingerprint density at radius 1 is 1.41 bits per heavy atom. The smallest absolute Gasteiger partial charge is 0.337 e. The van der Waals surface area contributed by atoms with Crippen molar-refractivity contribution in [3.8, 4) is 5.75 Å². The molecule has 0 radical (unpaired) electrons. The lowest BCUT2D eigenvalue weighted by molar-refractivity contribution is -0.140. The second-order valence-corrected chi connectivity index (χ2v) is 4.89. The van der Waals surface area contributed by atoms with Crippen molar-refractivity contribution in [2.24, 2.45) is 0 Å². The Labute approximate surface area is 127 Å². The van der Waals surface area contributed by atoms with Crippen molar-refractivity contribution in [2.75, 3.05) is 6.61 Å². The van der Waals surface area contributed by atoms with Crippen molar-refractivity contribution in [1.29, 1.82) is 0 Å². The average molecular weight is 300 g/mol. The minimum Gasteiger partial charge on any atom is -0.488 e. The third-order valence-corrected chi connectivity index (χ3v) is 3.27. The molecule has 0 aliphatic carbocycles. The van der Waals surface area contributed by atoms with E-state index in [9.17, 15) is 4.79 Å². The number of para-hydroxylation sites is 1. The van der Waals surface area contributed by atoms with Crippen molar-refractivity contribution in [3.63, 3.8) is 0 Å². The Hall–Kier alpha value is -2.70. The Morgan fingerprint density at radius 3 is 3.14 bits per heavy atom. The summed E-state index contributed by atoms with van der Waals surface area (Å²) in [7, 11) is 0. The van der Waals surface area contributed by atoms with E-state index in [1.165, 1.54) is 0 Å². The van der Waals surface area contributed by atoms with Gasteiger partial charge in [0.1, 0.15) is 12.4 Å². The largest absolute Gasteiger partial charge is 0.488 e. The summed E-state index contributed by atoms with van der Waals surface area (Å²) >= 11 is 0. The highest BCUT2D eigenvalue weighted by Gasteiger charge is 2.19. The Bertz CT molecular complexity index is 708. The molecule has 0 bridgehead atoms. The number of carbonyl (C=O) groups excluding carboxylic acids is 1. The summed E-state index contributed by atoms with van der Waals surface area (Å²) < 4.78 is 12.5. The summed E-state index contributed by atoms with van der Waals surface area (Å²) in [4.78, 5) is 12.1. The number of aromatic nitrogens is 4. The first-order valence-corrected chi connectivity index (χ1v) is 7.12. The second kappa shape index (κ2) is 6.38. The maximum Gasteiger partial charge on any atom is 0.337 e. The van der Waals surface area contributed by atoms with E-state index in [0.717, 1.165) is 17.7 Å². The van der Waals surface area contributed by atoms with Crippen molar-refractivity contribution >= 4 is 12.0 Å². The molecule has 1 aliphatic rings. The van der Waals surface area contributed by atoms with Gasteiger partial charge in [0.25, 0.3) is 0 Å². The molecular formula is C15H16N4O3. The first-order chi connectivity index (χ1) is 10.8. The van der Waals surface area contributed by atoms with Crippen LogP contribution in [0.15, 0.2) is 29.8 Å². The van der Waals surface area contributed by atoms with E-state index in [2.05, 4.69) is 15.5 Å². The number of rotatable bonds is 5. The van der Waals surface area contributed by atoms with Gasteiger partial charge in [-0.1, -0.05) is 25.1 Å². The molecule has 0 fully saturated rings. The maximum atomic E-state index is 12.1. The molecule has 0 amide bonds. The molecule has 114 valence electrons. The van der Waals surface area contributed by atoms with E-state index in [1.807, 2.05) is 31.2 Å². The van der Waals surface area contributed by atoms with Crippen molar-refractivity contribution in [3.05, 3.63) is 41.2 Å². The number of aryl methyl sites for hydroxylation is 1. The normalized spacial score (nSPS) is 13.0. The zero-order chi connectivity index (χ0) is 15.4. The topological polar surface area (TPSA) is 79.1 Å². The van der Waals surface area contributed by atoms with Gasteiger partial charge >= 0.3 is 5.97 Å². The van der Waals surface area contributed by atoms with Gasteiger partial charge < -0.3 is 9.47 Å². The Balaban J connectivity index is 1.66. The standard InChI is InChI=1S/C15H16N4O3/c1-2-7-19-14(16-17-18-19)10-22-15(20)12-8-11-5-3-4-6-13(11)21-9-12/h3-6,8H,2,7,9-10H2,1H3. The molecule has 1 aliphatic heterocycles. The molecule has 1 aromatic heterocycles. The van der Waals surface area contributed by atoms with E-state index in [4.69, 9.17) is 9.47 Å². The van der Waals surface area contributed by atoms with Crippen molar-refractivity contribution in [2.45, 2.75) is 26.5 Å². The van der Waals surface area contributed by atoms with E-state index in [-0.39, 0.29) is 13.2 Å². The summed E-state index contributed by atoms with van der Waals surface area (Å²) in [5, 5.41) is 11.3. The summed E-state index contributed by atoms with van der Waals surface area (Å²) in [5.74, 6) is 0.888. The molecule has 2 heterocycles. The van der Waals surface area contributed by atoms with Crippen LogP contribution in [0, 0.1) is 0 Å². The fraction of sp³-hybridized carbons (Fsp3) is 0.333. The predicted molar refractivity (Wildman–Crippen MR) is 77.8 cm³/mol. The second-order valence-electron chi connectivity index (χ2n) is 4.89. The third-order valence-electron chi connectivity index (χ3n) is 3.27. The number of esters is 1. The summed E-state index contributed by atoms with van der Waals surface area (Å²) in [6.07, 6.45) is 2.69. The molecule has 0 spiro atoms. The Morgan fingerprint density at radius 2 is 2.27 bits per heavy atom. The SMILES string of the molecule is CCCn1nnnc1COC(=O)C1=Cc2ccccc2OC1. The molecule has 2 aromatic rings. The number of ether oxygens (including phenoxy) is 2. The molecular weight excluding hydrogens is 284 g/mol. The molecule has 0 saturated carbocycles. The lowest BCUT2D eigenvalue weighted by Crippen LogP contribution is -2.18. The lowest BCUT2D eigenvalue weighted by atomic mass is 10.1. The van der Waals surface area contributed by atoms with Gasteiger partial charge in [-0.3, -0.25) is 0 Å². The van der Waals surface area contributed by atoms with Gasteiger partial charge in [0.05, 0.1) is 5.57 Å². The molecule has 1 aromatic carbocycles. The monoisotopic (exact) mass is 300 g/mol. The fourth-order valence-corrected chi connectivity index (χ4v) is 2.17. The number of benzene rings is 1. The highest BCUT2D eigenvalue weighted by Crippen LogP contribution is 2.26. The van der Waals surface area contributed by atoms with Crippen LogP contribution in [0.25, 0.3) is 6.08 Å². The van der Waals surface area contributed by atoms with Crippen LogP contribution in [-0.2, 0) is 22.7 Å². The van der Waals surface area contributed by atoms with Gasteiger partial charge in [-0.2, -0.15) is 0 Å². The number of tetrazole rings is 1. The fourth-order valence-electron chi connectivity index (χ4n) is 2.17. The molecule has 7 nitrogen and oxygen atoms in total. The number of carbonyl (C=O) groups is 1. The summed E-state index contributed by atoms with van der Waals surface area (Å²) in [6.45, 7) is 2.97. The molecule has 22 heavy (non-hydrogen) atoms. The summed E-state index contributed by atoms with van der Waals surface area (Å²) in [6, 6.07) is 7.55. The number of nitrogens with zero attached hydrogens (tertiary/aromatic N) is 4. The number of hydrogen-bond donors (Lipinski definition) is 0. The molecule has 0 saturated heterocycles. The number of hydrogen-bond acceptors (Lipinski definition) is 6. The summed E-state index contributed by atoms with van der Waals surface area (Å²) in [5.41, 5.74) is 1.35. The quantitative estimate of drug-likeness (QED) is 0.780. The van der Waals surface area contributed by atoms with Crippen LogP contribution in [0.3, 0.4) is 0 Å². The predicted octanol–water partition coefficient (Wildman–Crippen LogP) is 1.60. The van der Waals surface area contributed by atoms with Crippen LogP contribution in [0.4, 0.5) is 0 Å². The van der Waals surface area contributed by atoms with Gasteiger partial charge in [0, 0.05) is 12.1 Å². The first kappa shape index (κ1) is 14.2. The molecule has 3 rings (SSSR count).